The Morgan fingerprint density at radius 3 is 2.39 bits per heavy atom. The van der Waals surface area contributed by atoms with Gasteiger partial charge in [0.1, 0.15) is 0 Å². The van der Waals surface area contributed by atoms with E-state index in [1.165, 1.54) is 0 Å². The molecule has 1 atom stereocenters. The molecule has 1 fully saturated rings. The maximum atomic E-state index is 12.4. The Hall–Kier alpha value is -2.66. The van der Waals surface area contributed by atoms with Crippen LogP contribution in [0.25, 0.3) is 0 Å². The average Bonchev–Trinajstić information content (AvgIpc) is 3.11. The van der Waals surface area contributed by atoms with E-state index in [0.717, 1.165) is 5.56 Å². The van der Waals surface area contributed by atoms with Gasteiger partial charge in [0.25, 0.3) is 5.91 Å². The van der Waals surface area contributed by atoms with Crippen LogP contribution in [0.5, 0.6) is 0 Å². The van der Waals surface area contributed by atoms with E-state index in [4.69, 9.17) is 4.74 Å². The molecule has 3 rings (SSSR count). The van der Waals surface area contributed by atoms with Gasteiger partial charge in [-0.3, -0.25) is 9.59 Å². The highest BCUT2D eigenvalue weighted by Crippen LogP contribution is 2.26. The van der Waals surface area contributed by atoms with Gasteiger partial charge in [-0.15, -0.1) is 0 Å². The first-order valence-electron chi connectivity index (χ1n) is 7.55. The number of rotatable bonds is 4. The molecule has 1 heterocycles. The second-order valence-electron chi connectivity index (χ2n) is 5.27. The monoisotopic (exact) mass is 310 g/mol. The van der Waals surface area contributed by atoms with Crippen molar-refractivity contribution < 1.29 is 14.3 Å². The van der Waals surface area contributed by atoms with Crippen molar-refractivity contribution in [2.75, 3.05) is 19.7 Å². The molecule has 1 unspecified atom stereocenters. The van der Waals surface area contributed by atoms with Gasteiger partial charge in [-0.2, -0.15) is 0 Å². The van der Waals surface area contributed by atoms with Crippen LogP contribution in [-0.4, -0.2) is 36.4 Å². The first kappa shape index (κ1) is 15.2. The summed E-state index contributed by atoms with van der Waals surface area (Å²) in [5.41, 5.74) is 1.48. The average molecular weight is 310 g/mol. The highest BCUT2D eigenvalue weighted by Gasteiger charge is 2.30. The van der Waals surface area contributed by atoms with Crippen LogP contribution in [-0.2, 0) is 9.53 Å². The lowest BCUT2D eigenvalue weighted by molar-refractivity contribution is -0.135. The molecule has 5 nitrogen and oxygen atoms in total. The molecule has 0 bridgehead atoms. The lowest BCUT2D eigenvalue weighted by atomic mass is 10.2. The lowest BCUT2D eigenvalue weighted by Crippen LogP contribution is -2.40. The number of carbonyl (C=O) groups is 2. The standard InChI is InChI=1S/C18H18N2O3/c21-16(13-19-17(22)14-7-3-1-4-8-14)20-11-12-23-18(20)15-9-5-2-6-10-15/h1-10,18H,11-13H2,(H,19,22). The summed E-state index contributed by atoms with van der Waals surface area (Å²) in [7, 11) is 0. The first-order valence-corrected chi connectivity index (χ1v) is 7.55. The van der Waals surface area contributed by atoms with Crippen molar-refractivity contribution >= 4 is 11.8 Å². The summed E-state index contributed by atoms with van der Waals surface area (Å²) in [6, 6.07) is 18.5. The molecule has 5 heteroatoms. The molecule has 118 valence electrons. The van der Waals surface area contributed by atoms with Crippen molar-refractivity contribution in [3.8, 4) is 0 Å². The number of ether oxygens (including phenoxy) is 1. The molecule has 0 aromatic heterocycles. The van der Waals surface area contributed by atoms with Gasteiger partial charge in [0.05, 0.1) is 13.2 Å². The third kappa shape index (κ3) is 3.57. The molecule has 1 N–H and O–H groups in total. The summed E-state index contributed by atoms with van der Waals surface area (Å²) in [5.74, 6) is -0.407. The van der Waals surface area contributed by atoms with Crippen LogP contribution in [0.15, 0.2) is 60.7 Å². The summed E-state index contributed by atoms with van der Waals surface area (Å²) >= 11 is 0. The second kappa shape index (κ2) is 7.07. The number of amides is 2. The fourth-order valence-corrected chi connectivity index (χ4v) is 2.57. The summed E-state index contributed by atoms with van der Waals surface area (Å²) in [6.45, 7) is 0.984. The van der Waals surface area contributed by atoms with Gasteiger partial charge < -0.3 is 15.0 Å². The summed E-state index contributed by atoms with van der Waals surface area (Å²) < 4.78 is 5.66. The largest absolute Gasteiger partial charge is 0.352 e. The maximum Gasteiger partial charge on any atom is 0.251 e. The van der Waals surface area contributed by atoms with E-state index in [1.807, 2.05) is 36.4 Å². The molecule has 0 saturated carbocycles. The van der Waals surface area contributed by atoms with Gasteiger partial charge >= 0.3 is 0 Å². The van der Waals surface area contributed by atoms with E-state index >= 15 is 0 Å². The minimum Gasteiger partial charge on any atom is -0.352 e. The smallest absolute Gasteiger partial charge is 0.251 e. The molecular weight excluding hydrogens is 292 g/mol. The summed E-state index contributed by atoms with van der Waals surface area (Å²) in [6.07, 6.45) is -0.377. The Bertz CT molecular complexity index is 673. The van der Waals surface area contributed by atoms with E-state index in [1.54, 1.807) is 29.2 Å². The van der Waals surface area contributed by atoms with Crippen LogP contribution in [0.4, 0.5) is 0 Å². The first-order chi connectivity index (χ1) is 11.3. The number of nitrogens with zero attached hydrogens (tertiary/aromatic N) is 1. The van der Waals surface area contributed by atoms with Crippen LogP contribution in [0.3, 0.4) is 0 Å². The number of carbonyl (C=O) groups excluding carboxylic acids is 2. The van der Waals surface area contributed by atoms with Crippen LogP contribution < -0.4 is 5.32 Å². The molecule has 2 amide bonds. The van der Waals surface area contributed by atoms with E-state index < -0.39 is 0 Å². The molecule has 0 radical (unpaired) electrons. The minimum atomic E-state index is -0.377. The second-order valence-corrected chi connectivity index (χ2v) is 5.27. The highest BCUT2D eigenvalue weighted by atomic mass is 16.5. The molecule has 1 aliphatic heterocycles. The van der Waals surface area contributed by atoms with Crippen molar-refractivity contribution in [3.63, 3.8) is 0 Å². The van der Waals surface area contributed by atoms with Crippen molar-refractivity contribution in [1.29, 1.82) is 0 Å². The molecule has 2 aromatic carbocycles. The fourth-order valence-electron chi connectivity index (χ4n) is 2.57. The Morgan fingerprint density at radius 1 is 1.04 bits per heavy atom. The number of hydrogen-bond donors (Lipinski definition) is 1. The number of benzene rings is 2. The van der Waals surface area contributed by atoms with Gasteiger partial charge in [0.15, 0.2) is 6.23 Å². The third-order valence-electron chi connectivity index (χ3n) is 3.73. The topological polar surface area (TPSA) is 58.6 Å². The molecule has 1 aliphatic rings. The van der Waals surface area contributed by atoms with Crippen molar-refractivity contribution in [2.45, 2.75) is 6.23 Å². The van der Waals surface area contributed by atoms with Crippen molar-refractivity contribution in [3.05, 3.63) is 71.8 Å². The van der Waals surface area contributed by atoms with E-state index in [-0.39, 0.29) is 24.6 Å². The quantitative estimate of drug-likeness (QED) is 0.939. The van der Waals surface area contributed by atoms with Crippen molar-refractivity contribution in [1.82, 2.24) is 10.2 Å². The maximum absolute atomic E-state index is 12.4. The number of nitrogens with one attached hydrogen (secondary N) is 1. The van der Waals surface area contributed by atoms with Crippen LogP contribution in [0, 0.1) is 0 Å². The van der Waals surface area contributed by atoms with E-state index in [0.29, 0.717) is 18.7 Å². The Morgan fingerprint density at radius 2 is 1.70 bits per heavy atom. The predicted molar refractivity (Wildman–Crippen MR) is 85.6 cm³/mol. The summed E-state index contributed by atoms with van der Waals surface area (Å²) in [5, 5.41) is 2.66. The zero-order valence-electron chi connectivity index (χ0n) is 12.6. The molecule has 0 aliphatic carbocycles. The van der Waals surface area contributed by atoms with Gasteiger partial charge in [0, 0.05) is 17.7 Å². The molecular formula is C18H18N2O3. The van der Waals surface area contributed by atoms with Crippen LogP contribution in [0.1, 0.15) is 22.1 Å². The van der Waals surface area contributed by atoms with Crippen LogP contribution in [0.2, 0.25) is 0 Å². The Labute approximate surface area is 134 Å². The summed E-state index contributed by atoms with van der Waals surface area (Å²) in [4.78, 5) is 26.1. The zero-order chi connectivity index (χ0) is 16.1. The van der Waals surface area contributed by atoms with E-state index in [2.05, 4.69) is 5.32 Å². The predicted octanol–water partition coefficient (Wildman–Crippen LogP) is 1.97. The highest BCUT2D eigenvalue weighted by molar-refractivity contribution is 5.96. The normalized spacial score (nSPS) is 17.0. The molecule has 0 spiro atoms. The van der Waals surface area contributed by atoms with Gasteiger partial charge in [-0.1, -0.05) is 48.5 Å². The van der Waals surface area contributed by atoms with Gasteiger partial charge in [-0.05, 0) is 12.1 Å². The number of hydrogen-bond acceptors (Lipinski definition) is 3. The Balaban J connectivity index is 1.60. The SMILES string of the molecule is O=C(NCC(=O)N1CCOC1c1ccccc1)c1ccccc1. The van der Waals surface area contributed by atoms with Crippen molar-refractivity contribution in [2.24, 2.45) is 0 Å². The van der Waals surface area contributed by atoms with Crippen LogP contribution >= 0.6 is 0 Å². The van der Waals surface area contributed by atoms with E-state index in [9.17, 15) is 9.59 Å². The Kier molecular flexibility index (Phi) is 4.68. The zero-order valence-corrected chi connectivity index (χ0v) is 12.6. The molecule has 2 aromatic rings. The fraction of sp³-hybridized carbons (Fsp3) is 0.222. The third-order valence-corrected chi connectivity index (χ3v) is 3.73. The molecule has 1 saturated heterocycles. The lowest BCUT2D eigenvalue weighted by Gasteiger charge is -2.23. The molecule has 23 heavy (non-hydrogen) atoms. The minimum absolute atomic E-state index is 0.0412. The van der Waals surface area contributed by atoms with Gasteiger partial charge in [0.2, 0.25) is 5.91 Å². The van der Waals surface area contributed by atoms with Gasteiger partial charge in [-0.25, -0.2) is 0 Å².